The van der Waals surface area contributed by atoms with Crippen LogP contribution in [0.15, 0.2) is 95.9 Å². The van der Waals surface area contributed by atoms with E-state index in [0.29, 0.717) is 92.9 Å². The van der Waals surface area contributed by atoms with Crippen LogP contribution in [0.4, 0.5) is 11.4 Å². The molecule has 1 unspecified atom stereocenters. The van der Waals surface area contributed by atoms with Gasteiger partial charge in [-0.15, -0.1) is 5.06 Å². The maximum Gasteiger partial charge on any atom is 0.333 e. The standard InChI is InChI=1S/C57H73N5O15S2/c1-41-40-56(2,3)61(26-30-74-32-34-75-33-31-73-29-24-59-23-28-72-27-22-58-5)49-39-51-46(38-45(41)49)43(36-50(76-51)42-12-7-6-8-13-42)14-9-15-52-57(4,21-10-16-55(65)77-62-53(63)19-20-54(62)64)47-37-44(79(69,70)71)17-18-48(47)60(52)25-11-35-78(66,67)68/h6-9,12-15,17-18,36-40,58-59H,10-11,16,19-35H2,1-5H3,(H-,66,67,68,69,70,71). The number of carbonyl (C=O) groups is 3. The number of imide groups is 1. The molecule has 0 radical (unpaired) electrons. The van der Waals surface area contributed by atoms with Gasteiger partial charge < -0.3 is 48.6 Å². The Morgan fingerprint density at radius 2 is 1.51 bits per heavy atom. The molecule has 0 aliphatic carbocycles. The first-order chi connectivity index (χ1) is 37.7. The first-order valence-corrected chi connectivity index (χ1v) is 29.6. The first kappa shape index (κ1) is 60.7. The number of likely N-dealkylation sites (N-methyl/N-ethyl adjacent to an activating group) is 1. The molecule has 2 amide bonds. The quantitative estimate of drug-likeness (QED) is 0.0291. The largest absolute Gasteiger partial charge is 0.744 e. The molecule has 4 aliphatic rings. The summed E-state index contributed by atoms with van der Waals surface area (Å²) in [6.07, 6.45) is 9.67. The van der Waals surface area contributed by atoms with Gasteiger partial charge in [0, 0.05) is 98.0 Å². The Hall–Kier alpha value is -5.92. The number of hydrogen-bond donors (Lipinski definition) is 3. The lowest BCUT2D eigenvalue weighted by Gasteiger charge is -2.44. The van der Waals surface area contributed by atoms with Gasteiger partial charge in [0.15, 0.2) is 5.71 Å². The highest BCUT2D eigenvalue weighted by Gasteiger charge is 2.48. The van der Waals surface area contributed by atoms with Gasteiger partial charge in [0.1, 0.15) is 28.2 Å². The summed E-state index contributed by atoms with van der Waals surface area (Å²) in [7, 11) is -7.40. The van der Waals surface area contributed by atoms with Gasteiger partial charge in [-0.25, -0.2) is 13.2 Å². The van der Waals surface area contributed by atoms with Gasteiger partial charge in [-0.05, 0) is 83.0 Å². The Labute approximate surface area is 463 Å². The number of nitrogens with one attached hydrogen (secondary N) is 2. The molecule has 22 heteroatoms. The van der Waals surface area contributed by atoms with Gasteiger partial charge in [-0.3, -0.25) is 14.1 Å². The molecule has 3 N–H and O–H groups in total. The van der Waals surface area contributed by atoms with E-state index in [1.54, 1.807) is 0 Å². The summed E-state index contributed by atoms with van der Waals surface area (Å²) >= 11 is 0. The molecule has 0 spiro atoms. The molecule has 3 aromatic carbocycles. The smallest absolute Gasteiger partial charge is 0.333 e. The second kappa shape index (κ2) is 27.5. The van der Waals surface area contributed by atoms with Crippen molar-refractivity contribution in [3.8, 4) is 5.75 Å². The second-order valence-corrected chi connectivity index (χ2v) is 23.3. The van der Waals surface area contributed by atoms with E-state index >= 15 is 0 Å². The van der Waals surface area contributed by atoms with Gasteiger partial charge in [-0.2, -0.15) is 13.0 Å². The highest BCUT2D eigenvalue weighted by atomic mass is 32.2. The van der Waals surface area contributed by atoms with E-state index in [2.05, 4.69) is 54.5 Å². The van der Waals surface area contributed by atoms with Crippen molar-refractivity contribution in [2.24, 2.45) is 0 Å². The average molecular weight is 1130 g/mol. The number of amides is 2. The van der Waals surface area contributed by atoms with Crippen molar-refractivity contribution in [3.63, 3.8) is 0 Å². The zero-order valence-corrected chi connectivity index (χ0v) is 47.3. The maximum atomic E-state index is 13.0. The number of hydroxylamine groups is 2. The van der Waals surface area contributed by atoms with Crippen molar-refractivity contribution < 1.29 is 73.4 Å². The number of fused-ring (bicyclic) bond motifs is 3. The fraction of sp³-hybridized carbons (Fsp3) is 0.474. The van der Waals surface area contributed by atoms with Crippen molar-refractivity contribution in [2.75, 3.05) is 103 Å². The van der Waals surface area contributed by atoms with Crippen molar-refractivity contribution in [1.29, 1.82) is 0 Å². The number of nitrogens with zero attached hydrogens (tertiary/aromatic N) is 3. The molecule has 0 saturated carbocycles. The molecule has 7 rings (SSSR count). The molecule has 20 nitrogen and oxygen atoms in total. The van der Waals surface area contributed by atoms with Crippen molar-refractivity contribution in [3.05, 3.63) is 113 Å². The van der Waals surface area contributed by atoms with E-state index in [4.69, 9.17) is 28.5 Å². The highest BCUT2D eigenvalue weighted by Crippen LogP contribution is 2.48. The van der Waals surface area contributed by atoms with Crippen LogP contribution in [0, 0.1) is 0 Å². The van der Waals surface area contributed by atoms with Crippen LogP contribution in [0.25, 0.3) is 16.9 Å². The summed E-state index contributed by atoms with van der Waals surface area (Å²) in [5.74, 6) is -1.42. The highest BCUT2D eigenvalue weighted by molar-refractivity contribution is 7.86. The molecule has 79 heavy (non-hydrogen) atoms. The Morgan fingerprint density at radius 1 is 0.848 bits per heavy atom. The minimum atomic E-state index is -4.93. The molecule has 1 atom stereocenters. The number of anilines is 1. The summed E-state index contributed by atoms with van der Waals surface area (Å²) in [6.45, 7) is 15.3. The predicted molar refractivity (Wildman–Crippen MR) is 297 cm³/mol. The van der Waals surface area contributed by atoms with E-state index in [0.717, 1.165) is 53.2 Å². The normalized spacial score (nSPS) is 18.5. The van der Waals surface area contributed by atoms with Crippen LogP contribution in [0.2, 0.25) is 0 Å². The topological polar surface area (TPSA) is 252 Å². The summed E-state index contributed by atoms with van der Waals surface area (Å²) in [6, 6.07) is 17.8. The van der Waals surface area contributed by atoms with Crippen LogP contribution < -0.4 is 20.3 Å². The third kappa shape index (κ3) is 16.1. The Kier molecular flexibility index (Phi) is 21.1. The molecule has 4 heterocycles. The van der Waals surface area contributed by atoms with E-state index in [1.165, 1.54) is 18.2 Å². The minimum absolute atomic E-state index is 0.0249. The zero-order valence-electron chi connectivity index (χ0n) is 45.6. The fourth-order valence-electron chi connectivity index (χ4n) is 10.2. The lowest BCUT2D eigenvalue weighted by molar-refractivity contribution is -0.437. The van der Waals surface area contributed by atoms with Gasteiger partial charge in [0.2, 0.25) is 5.69 Å². The van der Waals surface area contributed by atoms with Gasteiger partial charge in [0.25, 0.3) is 21.9 Å². The number of ether oxygens (including phenoxy) is 5. The van der Waals surface area contributed by atoms with Crippen LogP contribution in [0.1, 0.15) is 88.5 Å². The monoisotopic (exact) mass is 1130 g/mol. The summed E-state index contributed by atoms with van der Waals surface area (Å²) in [5.41, 5.74) is 5.50. The van der Waals surface area contributed by atoms with Crippen LogP contribution in [0.3, 0.4) is 0 Å². The van der Waals surface area contributed by atoms with Crippen LogP contribution in [-0.4, -0.2) is 163 Å². The fourth-order valence-corrected chi connectivity index (χ4v) is 11.2. The molecule has 0 aromatic heterocycles. The first-order valence-electron chi connectivity index (χ1n) is 26.6. The van der Waals surface area contributed by atoms with Crippen LogP contribution >= 0.6 is 0 Å². The molecule has 4 aliphatic heterocycles. The van der Waals surface area contributed by atoms with E-state index in [-0.39, 0.29) is 50.6 Å². The zero-order chi connectivity index (χ0) is 56.8. The molecule has 1 fully saturated rings. The summed E-state index contributed by atoms with van der Waals surface area (Å²) in [5, 5.41) is 6.81. The lowest BCUT2D eigenvalue weighted by Crippen LogP contribution is -2.46. The SMILES string of the molecule is CNCCOCCNCCOCCOCCOCCN1c2cc3c(cc2C(C)=CC1(C)C)/C(=C/C=C/C1=[N+](CCCS(=O)(=O)O)c2ccc(S(=O)(=O)[O-])cc2C1(C)CCCC(=O)ON1C(=O)CCC1=O)C=C(c1ccccc1)O3. The third-order valence-electron chi connectivity index (χ3n) is 14.1. The Balaban J connectivity index is 1.13. The van der Waals surface area contributed by atoms with Gasteiger partial charge in [-0.1, -0.05) is 48.6 Å². The minimum Gasteiger partial charge on any atom is -0.744 e. The Bertz CT molecular complexity index is 3070. The molecule has 428 valence electrons. The van der Waals surface area contributed by atoms with Gasteiger partial charge in [0.05, 0.1) is 74.5 Å². The summed E-state index contributed by atoms with van der Waals surface area (Å²) in [4.78, 5) is 44.4. The number of allylic oxidation sites excluding steroid dienone is 6. The molecular weight excluding hydrogens is 1060 g/mol. The number of rotatable bonds is 31. The van der Waals surface area contributed by atoms with Crippen molar-refractivity contribution in [2.45, 2.75) is 82.1 Å². The molecule has 3 aromatic rings. The summed E-state index contributed by atoms with van der Waals surface area (Å²) < 4.78 is 103. The Morgan fingerprint density at radius 3 is 2.18 bits per heavy atom. The number of benzene rings is 3. The third-order valence-corrected chi connectivity index (χ3v) is 15.7. The average Bonchev–Trinajstić information content (AvgIpc) is 4.02. The van der Waals surface area contributed by atoms with E-state index in [1.807, 2.05) is 73.2 Å². The van der Waals surface area contributed by atoms with Gasteiger partial charge >= 0.3 is 5.97 Å². The van der Waals surface area contributed by atoms with Crippen molar-refractivity contribution >= 4 is 72.0 Å². The molecular formula is C57H73N5O15S2. The van der Waals surface area contributed by atoms with Crippen LogP contribution in [0.5, 0.6) is 5.75 Å². The molecule has 1 saturated heterocycles. The molecule has 0 bridgehead atoms. The number of hydrogen-bond acceptors (Lipinski definition) is 17. The predicted octanol–water partition coefficient (Wildman–Crippen LogP) is 5.95. The van der Waals surface area contributed by atoms with Crippen LogP contribution in [-0.2, 0) is 63.8 Å². The van der Waals surface area contributed by atoms with E-state index in [9.17, 15) is 40.3 Å². The lowest BCUT2D eigenvalue weighted by atomic mass is 9.75. The van der Waals surface area contributed by atoms with Crippen molar-refractivity contribution in [1.82, 2.24) is 15.7 Å². The second-order valence-electron chi connectivity index (χ2n) is 20.3. The van der Waals surface area contributed by atoms with E-state index < -0.39 is 54.1 Å². The number of carbonyl (C=O) groups excluding carboxylic acids is 3. The maximum absolute atomic E-state index is 13.0.